The van der Waals surface area contributed by atoms with Crippen molar-refractivity contribution in [2.75, 3.05) is 60.5 Å². The number of carbonyl (C=O) groups excluding carboxylic acids is 2. The summed E-state index contributed by atoms with van der Waals surface area (Å²) in [6.07, 6.45) is -7.38. The van der Waals surface area contributed by atoms with Crippen LogP contribution in [0.25, 0.3) is 10.9 Å². The molecule has 3 aliphatic rings. The number of nitrogens with zero attached hydrogens (tertiary/aromatic N) is 4. The van der Waals surface area contributed by atoms with E-state index in [1.807, 2.05) is 38.9 Å². The number of nitrogens with one attached hydrogen (secondary N) is 1. The summed E-state index contributed by atoms with van der Waals surface area (Å²) in [6, 6.07) is 5.07. The fourth-order valence-corrected chi connectivity index (χ4v) is 11.8. The Hall–Kier alpha value is -4.33. The number of benzene rings is 1. The van der Waals surface area contributed by atoms with E-state index < -0.39 is 119 Å². The van der Waals surface area contributed by atoms with Crippen LogP contribution in [0.15, 0.2) is 34.3 Å². The van der Waals surface area contributed by atoms with Gasteiger partial charge in [0, 0.05) is 69.5 Å². The van der Waals surface area contributed by atoms with Gasteiger partial charge in [0.15, 0.2) is 18.7 Å². The number of aromatic nitrogens is 1. The van der Waals surface area contributed by atoms with Gasteiger partial charge in [-0.3, -0.25) is 19.1 Å². The zero-order chi connectivity index (χ0) is 58.4. The van der Waals surface area contributed by atoms with E-state index in [0.29, 0.717) is 49.0 Å². The Balaban J connectivity index is 1.36. The molecule has 0 radical (unpaired) electrons. The van der Waals surface area contributed by atoms with E-state index in [2.05, 4.69) is 10.5 Å². The number of aliphatic hydroxyl groups excluding tert-OH is 2. The third-order valence-electron chi connectivity index (χ3n) is 16.3. The van der Waals surface area contributed by atoms with Gasteiger partial charge in [-0.25, -0.2) is 4.79 Å². The van der Waals surface area contributed by atoms with Crippen LogP contribution in [-0.4, -0.2) is 198 Å². The number of ether oxygens (including phenoxy) is 7. The number of cyclic esters (lactones) is 1. The highest BCUT2D eigenvalue weighted by atomic mass is 16.7. The summed E-state index contributed by atoms with van der Waals surface area (Å²) in [7, 11) is 10.1. The largest absolute Gasteiger partial charge is 0.477 e. The lowest BCUT2D eigenvalue weighted by Crippen LogP contribution is -2.61. The zero-order valence-corrected chi connectivity index (χ0v) is 48.8. The second kappa shape index (κ2) is 27.0. The molecule has 0 aliphatic carbocycles. The summed E-state index contributed by atoms with van der Waals surface area (Å²) >= 11 is 0. The first-order valence-corrected chi connectivity index (χ1v) is 27.4. The highest BCUT2D eigenvalue weighted by molar-refractivity contribution is 5.93. The van der Waals surface area contributed by atoms with Gasteiger partial charge in [-0.1, -0.05) is 38.9 Å². The quantitative estimate of drug-likeness (QED) is 0.0707. The topological polar surface area (TPSA) is 279 Å². The van der Waals surface area contributed by atoms with Gasteiger partial charge >= 0.3 is 17.9 Å². The summed E-state index contributed by atoms with van der Waals surface area (Å²) in [5.74, 6) is -6.05. The molecule has 3 aliphatic heterocycles. The normalized spacial score (nSPS) is 37.0. The molecule has 0 saturated carbocycles. The average Bonchev–Trinajstić information content (AvgIpc) is 3.44. The minimum absolute atomic E-state index is 0.0169. The maximum Gasteiger partial charge on any atom is 0.341 e. The summed E-state index contributed by atoms with van der Waals surface area (Å²) < 4.78 is 46.4. The number of likely N-dealkylation sites (N-methyl/N-ethyl adjacent to an activating group) is 1. The van der Waals surface area contributed by atoms with Crippen molar-refractivity contribution in [3.05, 3.63) is 45.7 Å². The number of fused-ring (bicyclic) bond motifs is 1. The van der Waals surface area contributed by atoms with E-state index in [-0.39, 0.29) is 43.4 Å². The maximum absolute atomic E-state index is 14.6. The van der Waals surface area contributed by atoms with Crippen molar-refractivity contribution < 1.29 is 77.9 Å². The fourth-order valence-electron chi connectivity index (χ4n) is 11.8. The van der Waals surface area contributed by atoms with E-state index >= 15 is 0 Å². The lowest BCUT2D eigenvalue weighted by atomic mass is 9.73. The van der Waals surface area contributed by atoms with Crippen molar-refractivity contribution in [2.24, 2.45) is 28.8 Å². The lowest BCUT2D eigenvalue weighted by molar-refractivity contribution is -0.318. The second-order valence-corrected chi connectivity index (χ2v) is 23.1. The van der Waals surface area contributed by atoms with Crippen LogP contribution in [0.2, 0.25) is 0 Å². The van der Waals surface area contributed by atoms with Crippen molar-refractivity contribution in [1.29, 1.82) is 0 Å². The first-order valence-electron chi connectivity index (χ1n) is 27.4. The number of aliphatic hydroxyl groups is 4. The molecule has 1 unspecified atom stereocenters. The van der Waals surface area contributed by atoms with Gasteiger partial charge in [0.25, 0.3) is 0 Å². The van der Waals surface area contributed by atoms with Crippen LogP contribution in [0.4, 0.5) is 0 Å². The van der Waals surface area contributed by atoms with E-state index in [9.17, 15) is 44.7 Å². The van der Waals surface area contributed by atoms with Crippen LogP contribution in [0.5, 0.6) is 0 Å². The molecule has 4 heterocycles. The molecule has 6 N–H and O–H groups in total. The van der Waals surface area contributed by atoms with Crippen molar-refractivity contribution >= 4 is 34.5 Å². The van der Waals surface area contributed by atoms with Crippen molar-refractivity contribution in [3.8, 4) is 0 Å². The van der Waals surface area contributed by atoms with Gasteiger partial charge < -0.3 is 78.8 Å². The smallest absolute Gasteiger partial charge is 0.341 e. The number of methoxy groups -OCH3 is 1. The summed E-state index contributed by atoms with van der Waals surface area (Å²) in [5.41, 5.74) is -4.03. The van der Waals surface area contributed by atoms with E-state index in [4.69, 9.17) is 38.0 Å². The standard InChI is InChI=1S/C56H91N5O17/c1-17-41-56(10,70)48(65)32(4)44(58-72-16)30(2)27-54(8,69)49(78-53-46(64)40(59(11)12)25-31(3)73-53)33(5)47(34(6)52(68)75-41)77-43-28-55(9,71-15)50(35(7)74-43)76-42(62)22-24-57-23-18-19-36-20-21-39-37(26-36)45(63)38(51(66)67)29-61(39)60(13)14/h20-21,26,29-35,40-41,43,46-50,53,57,64-65,69-70H,17-19,22-25,27-28H2,1-16H3,(H,66,67)/t30-,31-,32?,33+,34-,35+,40+,41-,43+,46-,47+,48-,49-,50+,53+,54-,55-,56-/m1/s1. The van der Waals surface area contributed by atoms with Crippen LogP contribution in [0.1, 0.15) is 124 Å². The number of hydrogen-bond donors (Lipinski definition) is 6. The van der Waals surface area contributed by atoms with Crippen LogP contribution in [0, 0.1) is 23.7 Å². The fraction of sp³-hybridized carbons (Fsp3) is 0.768. The molecule has 0 bridgehead atoms. The van der Waals surface area contributed by atoms with Gasteiger partial charge in [-0.05, 0) is 112 Å². The number of rotatable bonds is 18. The molecular weight excluding hydrogens is 1010 g/mol. The predicted molar refractivity (Wildman–Crippen MR) is 291 cm³/mol. The lowest BCUT2D eigenvalue weighted by Gasteiger charge is -2.49. The van der Waals surface area contributed by atoms with Gasteiger partial charge in [0.05, 0.1) is 59.7 Å². The van der Waals surface area contributed by atoms with Crippen LogP contribution in [-0.2, 0) is 54.0 Å². The van der Waals surface area contributed by atoms with Crippen molar-refractivity contribution in [2.45, 2.75) is 198 Å². The Bertz CT molecular complexity index is 2430. The number of pyridine rings is 1. The average molecular weight is 1110 g/mol. The summed E-state index contributed by atoms with van der Waals surface area (Å²) in [6.45, 7) is 17.8. The van der Waals surface area contributed by atoms with Crippen LogP contribution in [0.3, 0.4) is 0 Å². The minimum Gasteiger partial charge on any atom is -0.477 e. The van der Waals surface area contributed by atoms with Crippen molar-refractivity contribution in [1.82, 2.24) is 14.9 Å². The number of esters is 2. The van der Waals surface area contributed by atoms with E-state index in [0.717, 1.165) is 5.56 Å². The minimum atomic E-state index is -1.98. The first kappa shape index (κ1) is 64.5. The number of oxime groups is 1. The summed E-state index contributed by atoms with van der Waals surface area (Å²) in [5, 5.41) is 67.7. The Kier molecular flexibility index (Phi) is 22.3. The molecule has 442 valence electrons. The second-order valence-electron chi connectivity index (χ2n) is 23.1. The molecular formula is C56H91N5O17. The Morgan fingerprint density at radius 1 is 0.923 bits per heavy atom. The molecule has 18 atom stereocenters. The SMILES string of the molecule is CC[C@H]1OC(=O)[C@H](C)[C@@H](O[C@H]2C[C@@](C)(OC)[C@@H](OC(=O)CCNCCCc3ccc4c(c3)c(=O)c(C(=O)O)cn4N(C)C)[C@H](C)O2)[C@H](C)[C@@H](O[C@@H]2O[C@H](C)C[C@H](N(C)C)[C@H]2O)[C@](C)(O)C[C@@H](C)C(=NOC)C(C)[C@@H](O)[C@]1(C)O. The molecule has 1 aromatic heterocycles. The molecule has 2 aromatic rings. The van der Waals surface area contributed by atoms with E-state index in [1.165, 1.54) is 27.3 Å². The van der Waals surface area contributed by atoms with Gasteiger partial charge in [0.2, 0.25) is 5.43 Å². The third-order valence-corrected chi connectivity index (χ3v) is 16.3. The monoisotopic (exact) mass is 1110 g/mol. The van der Waals surface area contributed by atoms with Crippen LogP contribution >= 0.6 is 0 Å². The van der Waals surface area contributed by atoms with Gasteiger partial charge in [-0.2, -0.15) is 0 Å². The van der Waals surface area contributed by atoms with Crippen LogP contribution < -0.4 is 15.8 Å². The Labute approximate surface area is 459 Å². The molecule has 22 nitrogen and oxygen atoms in total. The molecule has 3 saturated heterocycles. The van der Waals surface area contributed by atoms with Gasteiger partial charge in [0.1, 0.15) is 36.1 Å². The number of carboxylic acids is 1. The Morgan fingerprint density at radius 3 is 2.21 bits per heavy atom. The van der Waals surface area contributed by atoms with Gasteiger partial charge in [-0.15, -0.1) is 0 Å². The zero-order valence-electron chi connectivity index (χ0n) is 48.8. The summed E-state index contributed by atoms with van der Waals surface area (Å²) in [4.78, 5) is 60.1. The molecule has 0 spiro atoms. The predicted octanol–water partition coefficient (Wildman–Crippen LogP) is 3.59. The molecule has 78 heavy (non-hydrogen) atoms. The molecule has 5 rings (SSSR count). The van der Waals surface area contributed by atoms with Crippen molar-refractivity contribution in [3.63, 3.8) is 0 Å². The third kappa shape index (κ3) is 14.8. The first-order chi connectivity index (χ1) is 36.4. The van der Waals surface area contributed by atoms with E-state index in [1.54, 1.807) is 84.4 Å². The number of aryl methyl sites for hydroxylation is 1. The highest BCUT2D eigenvalue weighted by Crippen LogP contribution is 2.42. The molecule has 1 aromatic carbocycles. The number of carboxylic acid groups (broad SMARTS) is 1. The number of carbonyl (C=O) groups is 3. The molecule has 3 fully saturated rings. The number of hydrogen-bond acceptors (Lipinski definition) is 20. The highest BCUT2D eigenvalue weighted by Gasteiger charge is 2.54. The Morgan fingerprint density at radius 2 is 1.60 bits per heavy atom. The molecule has 0 amide bonds. The molecule has 22 heteroatoms. The number of aromatic carboxylic acids is 1. The maximum atomic E-state index is 14.6.